The van der Waals surface area contributed by atoms with Gasteiger partial charge in [0, 0.05) is 27.6 Å². The van der Waals surface area contributed by atoms with E-state index >= 15 is 0 Å². The van der Waals surface area contributed by atoms with Gasteiger partial charge in [0.25, 0.3) is 0 Å². The number of esters is 1. The van der Waals surface area contributed by atoms with E-state index in [1.54, 1.807) is 6.92 Å². The summed E-state index contributed by atoms with van der Waals surface area (Å²) in [5.74, 6) is 0.311. The first kappa shape index (κ1) is 19.0. The van der Waals surface area contributed by atoms with Crippen molar-refractivity contribution in [1.82, 2.24) is 9.78 Å². The van der Waals surface area contributed by atoms with E-state index in [0.29, 0.717) is 18.4 Å². The number of benzene rings is 1. The predicted molar refractivity (Wildman–Crippen MR) is 108 cm³/mol. The Morgan fingerprint density at radius 1 is 1.52 bits per heavy atom. The van der Waals surface area contributed by atoms with Crippen LogP contribution >= 0.6 is 27.5 Å². The lowest BCUT2D eigenvalue weighted by Crippen LogP contribution is -2.18. The van der Waals surface area contributed by atoms with Crippen molar-refractivity contribution < 1.29 is 14.3 Å². The molecule has 1 saturated heterocycles. The molecule has 1 aromatic carbocycles. The number of hydrogen-bond donors (Lipinski definition) is 0. The van der Waals surface area contributed by atoms with Gasteiger partial charge in [-0.3, -0.25) is 0 Å². The molecule has 0 bridgehead atoms. The molecule has 1 aliphatic heterocycles. The summed E-state index contributed by atoms with van der Waals surface area (Å²) in [7, 11) is 0. The lowest BCUT2D eigenvalue weighted by molar-refractivity contribution is -0.137. The molecule has 7 heteroatoms. The largest absolute Gasteiger partial charge is 0.463 e. The lowest BCUT2D eigenvalue weighted by Gasteiger charge is -2.23. The predicted octanol–water partition coefficient (Wildman–Crippen LogP) is 5.37. The first-order valence-corrected chi connectivity index (χ1v) is 10.6. The molecule has 5 nitrogen and oxygen atoms in total. The van der Waals surface area contributed by atoms with Gasteiger partial charge in [0.15, 0.2) is 6.23 Å². The van der Waals surface area contributed by atoms with Crippen LogP contribution in [0, 0.1) is 5.92 Å². The van der Waals surface area contributed by atoms with Crippen LogP contribution in [0.3, 0.4) is 0 Å². The third-order valence-corrected chi connectivity index (χ3v) is 6.40. The summed E-state index contributed by atoms with van der Waals surface area (Å²) < 4.78 is 13.8. The molecule has 0 radical (unpaired) electrons. The van der Waals surface area contributed by atoms with E-state index in [4.69, 9.17) is 21.1 Å². The Morgan fingerprint density at radius 3 is 3.11 bits per heavy atom. The number of nitrogens with zero attached hydrogens (tertiary/aromatic N) is 2. The van der Waals surface area contributed by atoms with Gasteiger partial charge < -0.3 is 9.47 Å². The molecule has 1 aromatic heterocycles. The Labute approximate surface area is 171 Å². The van der Waals surface area contributed by atoms with Crippen molar-refractivity contribution >= 4 is 44.4 Å². The van der Waals surface area contributed by atoms with Crippen molar-refractivity contribution in [1.29, 1.82) is 0 Å². The van der Waals surface area contributed by atoms with Crippen molar-refractivity contribution in [2.75, 3.05) is 13.2 Å². The first-order valence-electron chi connectivity index (χ1n) is 9.41. The van der Waals surface area contributed by atoms with Crippen LogP contribution in [0.1, 0.15) is 50.3 Å². The van der Waals surface area contributed by atoms with Gasteiger partial charge in [0.2, 0.25) is 0 Å². The molecule has 2 fully saturated rings. The molecular formula is C20H22BrClN2O3. The summed E-state index contributed by atoms with van der Waals surface area (Å²) in [6.07, 6.45) is 9.50. The second-order valence-corrected chi connectivity index (χ2v) is 8.25. The van der Waals surface area contributed by atoms with Gasteiger partial charge in [-0.05, 0) is 72.0 Å². The summed E-state index contributed by atoms with van der Waals surface area (Å²) in [5.41, 5.74) is 2.08. The summed E-state index contributed by atoms with van der Waals surface area (Å²) in [6, 6.07) is 1.99. The van der Waals surface area contributed by atoms with E-state index < -0.39 is 0 Å². The quantitative estimate of drug-likeness (QED) is 0.451. The van der Waals surface area contributed by atoms with Crippen LogP contribution in [-0.4, -0.2) is 29.0 Å². The minimum atomic E-state index is -0.294. The Balaban J connectivity index is 1.59. The second kappa shape index (κ2) is 7.94. The molecule has 2 heterocycles. The fourth-order valence-corrected chi connectivity index (χ4v) is 5.04. The number of aromatic nitrogens is 2. The van der Waals surface area contributed by atoms with E-state index in [9.17, 15) is 4.79 Å². The van der Waals surface area contributed by atoms with Gasteiger partial charge in [-0.1, -0.05) is 17.7 Å². The second-order valence-electron chi connectivity index (χ2n) is 7.05. The number of halogens is 2. The number of carbonyl (C=O) groups excluding carboxylic acids is 1. The molecule has 1 saturated carbocycles. The molecule has 2 aliphatic rings. The van der Waals surface area contributed by atoms with Crippen LogP contribution in [0.15, 0.2) is 28.9 Å². The van der Waals surface area contributed by atoms with E-state index in [-0.39, 0.29) is 12.2 Å². The van der Waals surface area contributed by atoms with Gasteiger partial charge in [0.1, 0.15) is 0 Å². The van der Waals surface area contributed by atoms with Gasteiger partial charge in [-0.25, -0.2) is 9.48 Å². The van der Waals surface area contributed by atoms with Crippen molar-refractivity contribution in [3.8, 4) is 0 Å². The molecule has 2 aromatic rings. The van der Waals surface area contributed by atoms with Crippen LogP contribution in [0.2, 0.25) is 5.02 Å². The monoisotopic (exact) mass is 452 g/mol. The highest BCUT2D eigenvalue weighted by Crippen LogP contribution is 2.54. The highest BCUT2D eigenvalue weighted by molar-refractivity contribution is 9.10. The number of rotatable bonds is 5. The standard InChI is InChI=1S/C20H22BrClN2O3/c1-2-26-18(25)7-6-12-9-13(12)19-15(22)10-16-14(20(19)21)11-23-24(16)17-5-3-4-8-27-17/h6-7,10-13,17H,2-5,8-9H2,1H3/b7-6+/t12-,13+,17+/m0/s1. The van der Waals surface area contributed by atoms with E-state index in [1.165, 1.54) is 6.08 Å². The van der Waals surface area contributed by atoms with Crippen LogP contribution in [0.4, 0.5) is 0 Å². The minimum Gasteiger partial charge on any atom is -0.463 e. The average molecular weight is 454 g/mol. The smallest absolute Gasteiger partial charge is 0.330 e. The fraction of sp³-hybridized carbons (Fsp3) is 0.500. The maximum atomic E-state index is 11.5. The van der Waals surface area contributed by atoms with Gasteiger partial charge in [-0.15, -0.1) is 0 Å². The maximum absolute atomic E-state index is 11.5. The normalized spacial score (nSPS) is 25.2. The first-order chi connectivity index (χ1) is 13.1. The van der Waals surface area contributed by atoms with Gasteiger partial charge in [-0.2, -0.15) is 5.10 Å². The Hall–Kier alpha value is -1.37. The van der Waals surface area contributed by atoms with Crippen molar-refractivity contribution in [3.05, 3.63) is 39.5 Å². The van der Waals surface area contributed by atoms with Crippen molar-refractivity contribution in [3.63, 3.8) is 0 Å². The molecule has 0 unspecified atom stereocenters. The zero-order valence-electron chi connectivity index (χ0n) is 15.2. The molecule has 0 amide bonds. The van der Waals surface area contributed by atoms with Crippen molar-refractivity contribution in [2.45, 2.75) is 44.8 Å². The van der Waals surface area contributed by atoms with Gasteiger partial charge in [0.05, 0.1) is 18.3 Å². The molecule has 0 N–H and O–H groups in total. The zero-order chi connectivity index (χ0) is 19.0. The van der Waals surface area contributed by atoms with E-state index in [2.05, 4.69) is 21.0 Å². The topological polar surface area (TPSA) is 53.3 Å². The molecule has 0 spiro atoms. The molecule has 3 atom stereocenters. The minimum absolute atomic E-state index is 0.0220. The number of ether oxygens (including phenoxy) is 2. The number of carbonyl (C=O) groups is 1. The molecular weight excluding hydrogens is 432 g/mol. The number of hydrogen-bond acceptors (Lipinski definition) is 4. The summed E-state index contributed by atoms with van der Waals surface area (Å²) in [6.45, 7) is 2.96. The molecule has 144 valence electrons. The van der Waals surface area contributed by atoms with Crippen LogP contribution in [0.5, 0.6) is 0 Å². The van der Waals surface area contributed by atoms with E-state index in [1.807, 2.05) is 23.0 Å². The Kier molecular flexibility index (Phi) is 5.58. The summed E-state index contributed by atoms with van der Waals surface area (Å²) in [5, 5.41) is 6.34. The average Bonchev–Trinajstić information content (AvgIpc) is 3.29. The third-order valence-electron chi connectivity index (χ3n) is 5.23. The molecule has 1 aliphatic carbocycles. The Morgan fingerprint density at radius 2 is 2.37 bits per heavy atom. The zero-order valence-corrected chi connectivity index (χ0v) is 17.5. The SMILES string of the molecule is CCOC(=O)/C=C/[C@H]1C[C@H]1c1c(Cl)cc2c(cnn2[C@H]2CCCCO2)c1Br. The maximum Gasteiger partial charge on any atom is 0.330 e. The third kappa shape index (κ3) is 3.80. The Bertz CT molecular complexity index is 889. The molecule has 27 heavy (non-hydrogen) atoms. The fourth-order valence-electron chi connectivity index (χ4n) is 3.77. The number of fused-ring (bicyclic) bond motifs is 1. The highest BCUT2D eigenvalue weighted by Gasteiger charge is 2.39. The lowest BCUT2D eigenvalue weighted by atomic mass is 10.1. The van der Waals surface area contributed by atoms with Gasteiger partial charge >= 0.3 is 5.97 Å². The highest BCUT2D eigenvalue weighted by atomic mass is 79.9. The van der Waals surface area contributed by atoms with Crippen LogP contribution in [-0.2, 0) is 14.3 Å². The number of allylic oxidation sites excluding steroid dienone is 1. The van der Waals surface area contributed by atoms with E-state index in [0.717, 1.165) is 58.3 Å². The van der Waals surface area contributed by atoms with Crippen molar-refractivity contribution in [2.24, 2.45) is 5.92 Å². The summed E-state index contributed by atoms with van der Waals surface area (Å²) >= 11 is 10.4. The van der Waals surface area contributed by atoms with Crippen LogP contribution < -0.4 is 0 Å². The molecule has 4 rings (SSSR count). The van der Waals surface area contributed by atoms with Crippen LogP contribution in [0.25, 0.3) is 10.9 Å². The summed E-state index contributed by atoms with van der Waals surface area (Å²) in [4.78, 5) is 11.5.